The molecular weight excluding hydrogens is 224 g/mol. The number of imidazole rings is 1. The van der Waals surface area contributed by atoms with Crippen LogP contribution in [0.3, 0.4) is 0 Å². The number of fused-ring (bicyclic) bond motifs is 1. The van der Waals surface area contributed by atoms with Crippen LogP contribution in [0.15, 0.2) is 40.7 Å². The summed E-state index contributed by atoms with van der Waals surface area (Å²) in [4.78, 5) is 36.6. The molecule has 0 aliphatic carbocycles. The maximum Gasteiger partial charge on any atom is 0.347 e. The van der Waals surface area contributed by atoms with Crippen LogP contribution in [0.1, 0.15) is 0 Å². The third-order valence-corrected chi connectivity index (χ3v) is 2.23. The van der Waals surface area contributed by atoms with E-state index in [0.717, 1.165) is 0 Å². The molecule has 1 N–H and O–H groups in total. The Labute approximate surface area is 93.2 Å². The third kappa shape index (κ3) is 1.42. The van der Waals surface area contributed by atoms with Crippen molar-refractivity contribution in [1.29, 1.82) is 0 Å². The number of aromatic nitrogens is 6. The largest absolute Gasteiger partial charge is 0.347 e. The van der Waals surface area contributed by atoms with Crippen LogP contribution < -0.4 is 11.2 Å². The number of H-pyrrole nitrogens is 1. The monoisotopic (exact) mass is 230 g/mol. The minimum absolute atomic E-state index is 0.453. The molecule has 0 saturated carbocycles. The molecule has 0 atom stereocenters. The lowest BCUT2D eigenvalue weighted by Gasteiger charge is -2.04. The van der Waals surface area contributed by atoms with Gasteiger partial charge in [0.2, 0.25) is 0 Å². The van der Waals surface area contributed by atoms with Gasteiger partial charge in [0, 0.05) is 12.3 Å². The highest BCUT2D eigenvalue weighted by Gasteiger charge is 2.06. The number of hydrogen-bond acceptors (Lipinski definition) is 5. The Morgan fingerprint density at radius 3 is 2.88 bits per heavy atom. The van der Waals surface area contributed by atoms with Gasteiger partial charge in [-0.25, -0.2) is 29.1 Å². The molecule has 8 nitrogen and oxygen atoms in total. The van der Waals surface area contributed by atoms with Crippen LogP contribution in [0.4, 0.5) is 0 Å². The Balaban J connectivity index is 2.35. The lowest BCUT2D eigenvalue weighted by Crippen LogP contribution is -2.32. The molecule has 0 saturated heterocycles. The molecule has 84 valence electrons. The lowest BCUT2D eigenvalue weighted by molar-refractivity contribution is 0.619. The molecule has 0 aliphatic heterocycles. The molecule has 0 amide bonds. The van der Waals surface area contributed by atoms with E-state index in [0.29, 0.717) is 11.2 Å². The quantitative estimate of drug-likeness (QED) is 0.577. The first-order valence-corrected chi connectivity index (χ1v) is 4.71. The molecule has 3 aromatic rings. The molecule has 0 bridgehead atoms. The van der Waals surface area contributed by atoms with Crippen molar-refractivity contribution in [2.24, 2.45) is 0 Å². The van der Waals surface area contributed by atoms with Crippen molar-refractivity contribution in [3.05, 3.63) is 52.0 Å². The predicted molar refractivity (Wildman–Crippen MR) is 57.4 cm³/mol. The zero-order valence-corrected chi connectivity index (χ0v) is 8.44. The topological polar surface area (TPSA) is 98.5 Å². The predicted octanol–water partition coefficient (Wildman–Crippen LogP) is -1.01. The van der Waals surface area contributed by atoms with Gasteiger partial charge in [-0.3, -0.25) is 9.78 Å². The Bertz CT molecular complexity index is 799. The Morgan fingerprint density at radius 2 is 2.06 bits per heavy atom. The number of aromatic amines is 1. The molecule has 8 heteroatoms. The van der Waals surface area contributed by atoms with E-state index in [9.17, 15) is 9.59 Å². The molecule has 3 heterocycles. The van der Waals surface area contributed by atoms with E-state index >= 15 is 0 Å². The summed E-state index contributed by atoms with van der Waals surface area (Å²) in [7, 11) is 0. The van der Waals surface area contributed by atoms with Gasteiger partial charge < -0.3 is 0 Å². The number of nitrogens with zero attached hydrogens (tertiary/aromatic N) is 5. The van der Waals surface area contributed by atoms with E-state index in [2.05, 4.69) is 19.9 Å². The van der Waals surface area contributed by atoms with Crippen molar-refractivity contribution in [3.63, 3.8) is 0 Å². The molecule has 0 spiro atoms. The van der Waals surface area contributed by atoms with Gasteiger partial charge in [0.25, 0.3) is 5.56 Å². The van der Waals surface area contributed by atoms with Crippen molar-refractivity contribution in [2.45, 2.75) is 0 Å². The first-order chi connectivity index (χ1) is 8.25. The Hall–Kier alpha value is -2.77. The van der Waals surface area contributed by atoms with Crippen LogP contribution >= 0.6 is 0 Å². The summed E-state index contributed by atoms with van der Waals surface area (Å²) in [5, 5.41) is 0. The first-order valence-electron chi connectivity index (χ1n) is 4.71. The van der Waals surface area contributed by atoms with E-state index in [1.807, 2.05) is 0 Å². The second-order valence-electron chi connectivity index (χ2n) is 3.28. The van der Waals surface area contributed by atoms with Crippen molar-refractivity contribution >= 4 is 11.2 Å². The second-order valence-corrected chi connectivity index (χ2v) is 3.28. The zero-order chi connectivity index (χ0) is 11.8. The average molecular weight is 230 g/mol. The average Bonchev–Trinajstić information content (AvgIpc) is 2.73. The van der Waals surface area contributed by atoms with Crippen LogP contribution in [-0.2, 0) is 0 Å². The lowest BCUT2D eigenvalue weighted by atomic mass is 10.6. The standard InChI is InChI=1S/C9H6N6O2/c16-7-1-2-14(9(17)13-7)15-5-12-6-3-10-4-11-8(6)15/h1-5H,(H,13,16,17). The Morgan fingerprint density at radius 1 is 1.18 bits per heavy atom. The Kier molecular flexibility index (Phi) is 1.87. The van der Waals surface area contributed by atoms with Crippen molar-refractivity contribution in [3.8, 4) is 0 Å². The molecule has 3 rings (SSSR count). The van der Waals surface area contributed by atoms with Crippen LogP contribution in [0, 0.1) is 0 Å². The minimum atomic E-state index is -0.560. The van der Waals surface area contributed by atoms with Crippen molar-refractivity contribution < 1.29 is 0 Å². The molecule has 0 aliphatic rings. The van der Waals surface area contributed by atoms with Crippen molar-refractivity contribution in [2.75, 3.05) is 0 Å². The number of nitrogens with one attached hydrogen (secondary N) is 1. The zero-order valence-electron chi connectivity index (χ0n) is 8.44. The fourth-order valence-electron chi connectivity index (χ4n) is 1.49. The smallest absolute Gasteiger partial charge is 0.273 e. The molecular formula is C9H6N6O2. The highest BCUT2D eigenvalue weighted by Crippen LogP contribution is 2.05. The fourth-order valence-corrected chi connectivity index (χ4v) is 1.49. The molecule has 0 aromatic carbocycles. The number of rotatable bonds is 1. The van der Waals surface area contributed by atoms with Gasteiger partial charge in [-0.15, -0.1) is 0 Å². The van der Waals surface area contributed by atoms with E-state index in [4.69, 9.17) is 0 Å². The molecule has 0 unspecified atom stereocenters. The summed E-state index contributed by atoms with van der Waals surface area (Å²) in [6.07, 6.45) is 5.68. The highest BCUT2D eigenvalue weighted by molar-refractivity contribution is 5.68. The number of hydrogen-bond donors (Lipinski definition) is 1. The molecule has 0 radical (unpaired) electrons. The molecule has 17 heavy (non-hydrogen) atoms. The maximum absolute atomic E-state index is 11.6. The molecule has 3 aromatic heterocycles. The van der Waals surface area contributed by atoms with Crippen LogP contribution in [0.2, 0.25) is 0 Å². The van der Waals surface area contributed by atoms with E-state index in [1.54, 1.807) is 0 Å². The van der Waals surface area contributed by atoms with Gasteiger partial charge in [0.05, 0.1) is 6.20 Å². The van der Waals surface area contributed by atoms with Crippen molar-refractivity contribution in [1.82, 2.24) is 29.3 Å². The van der Waals surface area contributed by atoms with Crippen LogP contribution in [-0.4, -0.2) is 29.3 Å². The van der Waals surface area contributed by atoms with Gasteiger partial charge in [0.15, 0.2) is 5.65 Å². The van der Waals surface area contributed by atoms with Gasteiger partial charge in [0.1, 0.15) is 18.2 Å². The maximum atomic E-state index is 11.6. The SMILES string of the molecule is O=c1ccn(-n2cnc3cncnc32)c(=O)[nH]1. The summed E-state index contributed by atoms with van der Waals surface area (Å²) < 4.78 is 2.62. The van der Waals surface area contributed by atoms with E-state index in [1.165, 1.54) is 40.5 Å². The molecule has 0 fully saturated rings. The minimum Gasteiger partial charge on any atom is -0.273 e. The third-order valence-electron chi connectivity index (χ3n) is 2.23. The van der Waals surface area contributed by atoms with Gasteiger partial charge in [-0.1, -0.05) is 0 Å². The normalized spacial score (nSPS) is 10.8. The van der Waals surface area contributed by atoms with Crippen LogP contribution in [0.25, 0.3) is 11.2 Å². The van der Waals surface area contributed by atoms with E-state index < -0.39 is 11.2 Å². The van der Waals surface area contributed by atoms with Crippen LogP contribution in [0.5, 0.6) is 0 Å². The summed E-state index contributed by atoms with van der Waals surface area (Å²) in [6.45, 7) is 0. The highest BCUT2D eigenvalue weighted by atomic mass is 16.2. The summed E-state index contributed by atoms with van der Waals surface area (Å²) in [6, 6.07) is 1.24. The summed E-state index contributed by atoms with van der Waals surface area (Å²) >= 11 is 0. The second kappa shape index (κ2) is 3.37. The fraction of sp³-hybridized carbons (Fsp3) is 0. The first kappa shape index (κ1) is 9.46. The van der Waals surface area contributed by atoms with E-state index in [-0.39, 0.29) is 0 Å². The van der Waals surface area contributed by atoms with Gasteiger partial charge in [-0.05, 0) is 0 Å². The summed E-state index contributed by atoms with van der Waals surface area (Å²) in [5.41, 5.74) is 0.0282. The van der Waals surface area contributed by atoms with Gasteiger partial charge >= 0.3 is 5.69 Å². The van der Waals surface area contributed by atoms with Gasteiger partial charge in [-0.2, -0.15) is 0 Å². The summed E-state index contributed by atoms with van der Waals surface area (Å²) in [5.74, 6) is 0.